The highest BCUT2D eigenvalue weighted by Crippen LogP contribution is 2.46. The van der Waals surface area contributed by atoms with Crippen LogP contribution in [-0.4, -0.2) is 34.1 Å². The van der Waals surface area contributed by atoms with E-state index in [4.69, 9.17) is 0 Å². The minimum Gasteiger partial charge on any atom is -0.481 e. The zero-order chi connectivity index (χ0) is 12.7. The summed E-state index contributed by atoms with van der Waals surface area (Å²) >= 11 is 0. The van der Waals surface area contributed by atoms with Crippen LogP contribution in [0.4, 0.5) is 0 Å². The molecule has 18 heavy (non-hydrogen) atoms. The van der Waals surface area contributed by atoms with Crippen LogP contribution >= 0.6 is 0 Å². The molecule has 0 amide bonds. The van der Waals surface area contributed by atoms with E-state index in [1.165, 1.54) is 38.5 Å². The van der Waals surface area contributed by atoms with Gasteiger partial charge in [0.2, 0.25) is 0 Å². The van der Waals surface area contributed by atoms with E-state index >= 15 is 0 Å². The fourth-order valence-corrected chi connectivity index (χ4v) is 4.72. The van der Waals surface area contributed by atoms with E-state index < -0.39 is 5.97 Å². The molecule has 2 saturated heterocycles. The molecule has 0 radical (unpaired) electrons. The van der Waals surface area contributed by atoms with Gasteiger partial charge in [0.15, 0.2) is 0 Å². The number of fused-ring (bicyclic) bond motifs is 2. The zero-order valence-electron chi connectivity index (χ0n) is 11.3. The smallest absolute Gasteiger partial charge is 0.308 e. The first kappa shape index (κ1) is 12.5. The lowest BCUT2D eigenvalue weighted by Crippen LogP contribution is -2.42. The lowest BCUT2D eigenvalue weighted by Gasteiger charge is -2.37. The summed E-state index contributed by atoms with van der Waals surface area (Å²) in [6, 6.07) is 1.63. The van der Waals surface area contributed by atoms with Crippen LogP contribution in [0.2, 0.25) is 0 Å². The standard InChI is InChI=1S/C15H25NO2/c1-2-10-3-5-11(6-4-10)16-12-7-8-14(16)13(9-12)15(17)18/h10-14H,2-9H2,1H3,(H,17,18). The third-order valence-corrected chi connectivity index (χ3v) is 5.72. The van der Waals surface area contributed by atoms with Crippen LogP contribution in [0.5, 0.6) is 0 Å². The Kier molecular flexibility index (Phi) is 3.35. The highest BCUT2D eigenvalue weighted by molar-refractivity contribution is 5.71. The Balaban J connectivity index is 1.65. The molecule has 3 fully saturated rings. The van der Waals surface area contributed by atoms with E-state index in [9.17, 15) is 9.90 Å². The van der Waals surface area contributed by atoms with Gasteiger partial charge in [-0.25, -0.2) is 0 Å². The second-order valence-corrected chi connectivity index (χ2v) is 6.51. The summed E-state index contributed by atoms with van der Waals surface area (Å²) in [5, 5.41) is 9.30. The van der Waals surface area contributed by atoms with Crippen LogP contribution in [0.3, 0.4) is 0 Å². The monoisotopic (exact) mass is 251 g/mol. The van der Waals surface area contributed by atoms with Gasteiger partial charge in [-0.3, -0.25) is 9.69 Å². The number of nitrogens with zero attached hydrogens (tertiary/aromatic N) is 1. The van der Waals surface area contributed by atoms with Gasteiger partial charge in [0.05, 0.1) is 5.92 Å². The number of aliphatic carboxylic acids is 1. The molecule has 3 aliphatic rings. The highest BCUT2D eigenvalue weighted by Gasteiger charge is 2.51. The lowest BCUT2D eigenvalue weighted by molar-refractivity contribution is -0.142. The second-order valence-electron chi connectivity index (χ2n) is 6.51. The van der Waals surface area contributed by atoms with Crippen molar-refractivity contribution >= 4 is 5.97 Å². The normalized spacial score (nSPS) is 44.4. The van der Waals surface area contributed by atoms with Gasteiger partial charge in [-0.05, 0) is 50.9 Å². The Morgan fingerprint density at radius 2 is 1.78 bits per heavy atom. The van der Waals surface area contributed by atoms with Crippen LogP contribution < -0.4 is 0 Å². The molecule has 3 rings (SSSR count). The van der Waals surface area contributed by atoms with Gasteiger partial charge >= 0.3 is 5.97 Å². The average molecular weight is 251 g/mol. The molecule has 2 heterocycles. The minimum absolute atomic E-state index is 0.0763. The lowest BCUT2D eigenvalue weighted by atomic mass is 9.83. The van der Waals surface area contributed by atoms with Crippen molar-refractivity contribution in [1.29, 1.82) is 0 Å². The van der Waals surface area contributed by atoms with Crippen molar-refractivity contribution in [2.24, 2.45) is 11.8 Å². The van der Waals surface area contributed by atoms with Crippen LogP contribution in [-0.2, 0) is 4.79 Å². The molecular weight excluding hydrogens is 226 g/mol. The summed E-state index contributed by atoms with van der Waals surface area (Å²) in [4.78, 5) is 13.9. The van der Waals surface area contributed by atoms with Gasteiger partial charge in [-0.2, -0.15) is 0 Å². The van der Waals surface area contributed by atoms with Gasteiger partial charge in [0.25, 0.3) is 0 Å². The van der Waals surface area contributed by atoms with Gasteiger partial charge in [0.1, 0.15) is 0 Å². The Labute approximate surface area is 110 Å². The summed E-state index contributed by atoms with van der Waals surface area (Å²) < 4.78 is 0. The molecule has 3 nitrogen and oxygen atoms in total. The molecule has 3 unspecified atom stereocenters. The molecule has 3 heteroatoms. The van der Waals surface area contributed by atoms with E-state index in [0.717, 1.165) is 18.8 Å². The van der Waals surface area contributed by atoms with Crippen molar-refractivity contribution in [3.8, 4) is 0 Å². The van der Waals surface area contributed by atoms with E-state index in [-0.39, 0.29) is 5.92 Å². The summed E-state index contributed by atoms with van der Waals surface area (Å²) in [6.45, 7) is 2.30. The molecule has 2 aliphatic heterocycles. The van der Waals surface area contributed by atoms with Crippen LogP contribution in [0.1, 0.15) is 58.3 Å². The van der Waals surface area contributed by atoms with E-state index in [1.54, 1.807) is 0 Å². The minimum atomic E-state index is -0.561. The van der Waals surface area contributed by atoms with E-state index in [1.807, 2.05) is 0 Å². The first-order chi connectivity index (χ1) is 8.70. The number of hydrogen-bond donors (Lipinski definition) is 1. The second kappa shape index (κ2) is 4.84. The summed E-state index contributed by atoms with van der Waals surface area (Å²) in [6.07, 6.45) is 9.90. The largest absolute Gasteiger partial charge is 0.481 e. The summed E-state index contributed by atoms with van der Waals surface area (Å²) in [7, 11) is 0. The summed E-state index contributed by atoms with van der Waals surface area (Å²) in [5.41, 5.74) is 0. The Morgan fingerprint density at radius 3 is 2.33 bits per heavy atom. The number of carboxylic acids is 1. The zero-order valence-corrected chi connectivity index (χ0v) is 11.3. The number of rotatable bonds is 3. The fraction of sp³-hybridized carbons (Fsp3) is 0.933. The number of carbonyl (C=O) groups is 1. The topological polar surface area (TPSA) is 40.5 Å². The maximum atomic E-state index is 11.3. The SMILES string of the molecule is CCC1CCC(N2C3CCC2C(C(=O)O)C3)CC1. The summed E-state index contributed by atoms with van der Waals surface area (Å²) in [5.74, 6) is 0.291. The first-order valence-electron chi connectivity index (χ1n) is 7.71. The van der Waals surface area contributed by atoms with Crippen molar-refractivity contribution in [2.75, 3.05) is 0 Å². The Bertz CT molecular complexity index is 322. The molecule has 0 aromatic heterocycles. The maximum Gasteiger partial charge on any atom is 0.308 e. The first-order valence-corrected chi connectivity index (χ1v) is 7.71. The molecule has 102 valence electrons. The average Bonchev–Trinajstić information content (AvgIpc) is 2.96. The Hall–Kier alpha value is -0.570. The Morgan fingerprint density at radius 1 is 1.11 bits per heavy atom. The molecule has 1 N–H and O–H groups in total. The van der Waals surface area contributed by atoms with Crippen molar-refractivity contribution in [3.05, 3.63) is 0 Å². The molecule has 2 bridgehead atoms. The van der Waals surface area contributed by atoms with E-state index in [0.29, 0.717) is 18.1 Å². The molecule has 3 atom stereocenters. The quantitative estimate of drug-likeness (QED) is 0.838. The van der Waals surface area contributed by atoms with Crippen molar-refractivity contribution in [3.63, 3.8) is 0 Å². The highest BCUT2D eigenvalue weighted by atomic mass is 16.4. The van der Waals surface area contributed by atoms with Gasteiger partial charge in [-0.15, -0.1) is 0 Å². The maximum absolute atomic E-state index is 11.3. The van der Waals surface area contributed by atoms with Gasteiger partial charge < -0.3 is 5.11 Å². The van der Waals surface area contributed by atoms with Gasteiger partial charge in [-0.1, -0.05) is 13.3 Å². The third kappa shape index (κ3) is 1.97. The molecule has 1 saturated carbocycles. The van der Waals surface area contributed by atoms with Crippen LogP contribution in [0.15, 0.2) is 0 Å². The van der Waals surface area contributed by atoms with Crippen LogP contribution in [0, 0.1) is 11.8 Å². The van der Waals surface area contributed by atoms with Crippen molar-refractivity contribution < 1.29 is 9.90 Å². The predicted octanol–water partition coefficient (Wildman–Crippen LogP) is 2.89. The van der Waals surface area contributed by atoms with Crippen molar-refractivity contribution in [2.45, 2.75) is 76.4 Å². The van der Waals surface area contributed by atoms with Crippen molar-refractivity contribution in [1.82, 2.24) is 4.90 Å². The molecule has 0 aromatic rings. The van der Waals surface area contributed by atoms with Crippen LogP contribution in [0.25, 0.3) is 0 Å². The molecule has 1 aliphatic carbocycles. The number of hydrogen-bond acceptors (Lipinski definition) is 2. The van der Waals surface area contributed by atoms with Gasteiger partial charge in [0, 0.05) is 18.1 Å². The fourth-order valence-electron chi connectivity index (χ4n) is 4.72. The molecule has 0 spiro atoms. The molecule has 0 aromatic carbocycles. The van der Waals surface area contributed by atoms with E-state index in [2.05, 4.69) is 11.8 Å². The predicted molar refractivity (Wildman–Crippen MR) is 70.4 cm³/mol. The number of carboxylic acid groups (broad SMARTS) is 1. The third-order valence-electron chi connectivity index (χ3n) is 5.72. The molecular formula is C15H25NO2.